The maximum absolute atomic E-state index is 11.6. The second-order valence-electron chi connectivity index (χ2n) is 4.83. The first kappa shape index (κ1) is 12.2. The highest BCUT2D eigenvalue weighted by Crippen LogP contribution is 2.46. The lowest BCUT2D eigenvalue weighted by Gasteiger charge is -2.42. The summed E-state index contributed by atoms with van der Waals surface area (Å²) in [5.74, 6) is -0.277. The highest BCUT2D eigenvalue weighted by molar-refractivity contribution is 5.87. The van der Waals surface area contributed by atoms with Gasteiger partial charge < -0.3 is 15.0 Å². The van der Waals surface area contributed by atoms with Gasteiger partial charge in [0.05, 0.1) is 7.11 Å². The largest absolute Gasteiger partial charge is 0.464 e. The van der Waals surface area contributed by atoms with E-state index in [-0.39, 0.29) is 11.4 Å². The van der Waals surface area contributed by atoms with Crippen LogP contribution in [0.25, 0.3) is 0 Å². The van der Waals surface area contributed by atoms with E-state index in [4.69, 9.17) is 10.5 Å². The molecule has 0 aliphatic heterocycles. The number of nitrogens with two attached hydrogens (primary N) is 1. The number of nitrogens with zero attached hydrogens (tertiary/aromatic N) is 1. The summed E-state index contributed by atoms with van der Waals surface area (Å²) < 4.78 is 6.73. The standard InChI is InChI=1S/C13H20N2O2/c1-15-10(12(16)17-2)4-5-11(15)13(8-9-14)6-3-7-13/h4-5H,3,6-9,14H2,1-2H3. The van der Waals surface area contributed by atoms with Gasteiger partial charge >= 0.3 is 5.97 Å². The van der Waals surface area contributed by atoms with Gasteiger partial charge in [-0.3, -0.25) is 0 Å². The highest BCUT2D eigenvalue weighted by Gasteiger charge is 2.40. The Bertz CT molecular complexity index is 419. The monoisotopic (exact) mass is 236 g/mol. The van der Waals surface area contributed by atoms with Crippen molar-refractivity contribution < 1.29 is 9.53 Å². The van der Waals surface area contributed by atoms with E-state index in [9.17, 15) is 4.79 Å². The lowest BCUT2D eigenvalue weighted by Crippen LogP contribution is -2.38. The molecule has 4 nitrogen and oxygen atoms in total. The molecule has 1 aromatic rings. The van der Waals surface area contributed by atoms with Crippen molar-refractivity contribution in [1.29, 1.82) is 0 Å². The van der Waals surface area contributed by atoms with Gasteiger partial charge in [0.25, 0.3) is 0 Å². The minimum absolute atomic E-state index is 0.190. The summed E-state index contributed by atoms with van der Waals surface area (Å²) in [7, 11) is 3.34. The van der Waals surface area contributed by atoms with Crippen molar-refractivity contribution >= 4 is 5.97 Å². The maximum atomic E-state index is 11.6. The number of rotatable bonds is 4. The minimum Gasteiger partial charge on any atom is -0.464 e. The Balaban J connectivity index is 2.33. The maximum Gasteiger partial charge on any atom is 0.354 e. The van der Waals surface area contributed by atoms with Gasteiger partial charge in [-0.2, -0.15) is 0 Å². The molecule has 1 fully saturated rings. The molecule has 0 atom stereocenters. The van der Waals surface area contributed by atoms with Crippen molar-refractivity contribution in [3.63, 3.8) is 0 Å². The Hall–Kier alpha value is -1.29. The lowest BCUT2D eigenvalue weighted by atomic mass is 9.64. The zero-order valence-corrected chi connectivity index (χ0v) is 10.5. The van der Waals surface area contributed by atoms with Crippen molar-refractivity contribution in [3.8, 4) is 0 Å². The van der Waals surface area contributed by atoms with E-state index in [1.807, 2.05) is 23.7 Å². The molecular weight excluding hydrogens is 216 g/mol. The fraction of sp³-hybridized carbons (Fsp3) is 0.615. The van der Waals surface area contributed by atoms with Crippen LogP contribution in [0.4, 0.5) is 0 Å². The number of carbonyl (C=O) groups is 1. The van der Waals surface area contributed by atoms with Gasteiger partial charge in [-0.05, 0) is 37.9 Å². The molecule has 17 heavy (non-hydrogen) atoms. The smallest absolute Gasteiger partial charge is 0.354 e. The number of methoxy groups -OCH3 is 1. The molecule has 1 heterocycles. The van der Waals surface area contributed by atoms with E-state index < -0.39 is 0 Å². The van der Waals surface area contributed by atoms with Gasteiger partial charge in [0.15, 0.2) is 0 Å². The number of ether oxygens (including phenoxy) is 1. The number of hydrogen-bond acceptors (Lipinski definition) is 3. The second-order valence-corrected chi connectivity index (χ2v) is 4.83. The van der Waals surface area contributed by atoms with Crippen LogP contribution in [0.1, 0.15) is 41.9 Å². The zero-order chi connectivity index (χ0) is 12.5. The highest BCUT2D eigenvalue weighted by atomic mass is 16.5. The molecule has 0 bridgehead atoms. The molecule has 0 radical (unpaired) electrons. The van der Waals surface area contributed by atoms with Crippen molar-refractivity contribution in [2.45, 2.75) is 31.1 Å². The molecule has 1 aromatic heterocycles. The van der Waals surface area contributed by atoms with Gasteiger partial charge in [0.2, 0.25) is 0 Å². The third-order valence-corrected chi connectivity index (χ3v) is 3.99. The Morgan fingerprint density at radius 2 is 2.24 bits per heavy atom. The Morgan fingerprint density at radius 1 is 1.53 bits per heavy atom. The van der Waals surface area contributed by atoms with Crippen LogP contribution in [-0.2, 0) is 17.2 Å². The van der Waals surface area contributed by atoms with Gasteiger partial charge in [0.1, 0.15) is 5.69 Å². The SMILES string of the molecule is COC(=O)c1ccc(C2(CCN)CCC2)n1C. The van der Waals surface area contributed by atoms with Gasteiger partial charge in [-0.1, -0.05) is 6.42 Å². The van der Waals surface area contributed by atoms with Crippen molar-refractivity contribution in [2.24, 2.45) is 12.8 Å². The van der Waals surface area contributed by atoms with Crippen LogP contribution >= 0.6 is 0 Å². The molecule has 1 saturated carbocycles. The van der Waals surface area contributed by atoms with Crippen molar-refractivity contribution in [2.75, 3.05) is 13.7 Å². The summed E-state index contributed by atoms with van der Waals surface area (Å²) in [6.45, 7) is 0.693. The summed E-state index contributed by atoms with van der Waals surface area (Å²) in [6, 6.07) is 3.89. The van der Waals surface area contributed by atoms with Gasteiger partial charge in [0, 0.05) is 18.2 Å². The fourth-order valence-corrected chi connectivity index (χ4v) is 2.87. The number of carbonyl (C=O) groups excluding carboxylic acids is 1. The van der Waals surface area contributed by atoms with Crippen LogP contribution < -0.4 is 5.73 Å². The molecule has 0 spiro atoms. The van der Waals surface area contributed by atoms with Gasteiger partial charge in [-0.15, -0.1) is 0 Å². The third-order valence-electron chi connectivity index (χ3n) is 3.99. The lowest BCUT2D eigenvalue weighted by molar-refractivity contribution is 0.0588. The molecule has 0 aromatic carbocycles. The van der Waals surface area contributed by atoms with Gasteiger partial charge in [-0.25, -0.2) is 4.79 Å². The summed E-state index contributed by atoms with van der Waals surface area (Å²) in [4.78, 5) is 11.6. The predicted octanol–water partition coefficient (Wildman–Crippen LogP) is 1.58. The van der Waals surface area contributed by atoms with Crippen LogP contribution in [0.15, 0.2) is 12.1 Å². The van der Waals surface area contributed by atoms with E-state index in [1.165, 1.54) is 32.1 Å². The molecule has 94 valence electrons. The predicted molar refractivity (Wildman–Crippen MR) is 66.0 cm³/mol. The average molecular weight is 236 g/mol. The zero-order valence-electron chi connectivity index (χ0n) is 10.5. The molecule has 0 amide bonds. The fourth-order valence-electron chi connectivity index (χ4n) is 2.87. The number of hydrogen-bond donors (Lipinski definition) is 1. The Morgan fingerprint density at radius 3 is 2.71 bits per heavy atom. The summed E-state index contributed by atoms with van der Waals surface area (Å²) in [5, 5.41) is 0. The summed E-state index contributed by atoms with van der Waals surface area (Å²) in [5.41, 5.74) is 7.73. The Labute approximate surface area is 102 Å². The molecule has 0 saturated heterocycles. The molecular formula is C13H20N2O2. The van der Waals surface area contributed by atoms with Crippen molar-refractivity contribution in [1.82, 2.24) is 4.57 Å². The first-order valence-corrected chi connectivity index (χ1v) is 6.09. The molecule has 1 aliphatic rings. The van der Waals surface area contributed by atoms with Crippen LogP contribution in [0.3, 0.4) is 0 Å². The Kier molecular flexibility index (Phi) is 3.24. The topological polar surface area (TPSA) is 57.2 Å². The van der Waals surface area contributed by atoms with E-state index in [0.29, 0.717) is 12.2 Å². The van der Waals surface area contributed by atoms with E-state index in [1.54, 1.807) is 0 Å². The number of esters is 1. The molecule has 2 rings (SSSR count). The second kappa shape index (κ2) is 4.53. The van der Waals surface area contributed by atoms with Crippen LogP contribution in [0.2, 0.25) is 0 Å². The summed E-state index contributed by atoms with van der Waals surface area (Å²) >= 11 is 0. The molecule has 0 unspecified atom stereocenters. The minimum atomic E-state index is -0.277. The number of aromatic nitrogens is 1. The van der Waals surface area contributed by atoms with Crippen LogP contribution in [0, 0.1) is 0 Å². The van der Waals surface area contributed by atoms with Crippen molar-refractivity contribution in [3.05, 3.63) is 23.5 Å². The average Bonchev–Trinajstić information content (AvgIpc) is 2.65. The third kappa shape index (κ3) is 1.86. The van der Waals surface area contributed by atoms with E-state index >= 15 is 0 Å². The molecule has 4 heteroatoms. The van der Waals surface area contributed by atoms with E-state index in [2.05, 4.69) is 0 Å². The van der Waals surface area contributed by atoms with E-state index in [0.717, 1.165) is 6.42 Å². The van der Waals surface area contributed by atoms with Crippen LogP contribution in [-0.4, -0.2) is 24.2 Å². The molecule has 1 aliphatic carbocycles. The quantitative estimate of drug-likeness (QED) is 0.807. The van der Waals surface area contributed by atoms with Crippen LogP contribution in [0.5, 0.6) is 0 Å². The molecule has 2 N–H and O–H groups in total. The first-order valence-electron chi connectivity index (χ1n) is 6.09. The first-order chi connectivity index (χ1) is 8.14. The normalized spacial score (nSPS) is 17.6. The summed E-state index contributed by atoms with van der Waals surface area (Å²) in [6.07, 6.45) is 4.58.